The molecule has 2 aromatic rings. The van der Waals surface area contributed by atoms with Crippen LogP contribution in [0.4, 0.5) is 13.2 Å². The number of carbonyl (C=O) groups excluding carboxylic acids is 1. The molecule has 0 spiro atoms. The summed E-state index contributed by atoms with van der Waals surface area (Å²) >= 11 is 5.80. The zero-order valence-electron chi connectivity index (χ0n) is 12.5. The number of oxazole rings is 1. The molecule has 1 atom stereocenters. The molecule has 0 fully saturated rings. The quantitative estimate of drug-likeness (QED) is 0.856. The summed E-state index contributed by atoms with van der Waals surface area (Å²) in [5.41, 5.74) is -0.405. The smallest absolute Gasteiger partial charge is 0.433 e. The predicted molar refractivity (Wildman–Crippen MR) is 76.1 cm³/mol. The lowest BCUT2D eigenvalue weighted by Gasteiger charge is -2.16. The number of hydrogen-bond donors (Lipinski definition) is 1. The number of alkyl halides is 3. The lowest BCUT2D eigenvalue weighted by Crippen LogP contribution is -2.27. The molecule has 2 aromatic heterocycles. The monoisotopic (exact) mass is 347 g/mol. The number of amides is 1. The van der Waals surface area contributed by atoms with Crippen LogP contribution in [-0.2, 0) is 6.18 Å². The average molecular weight is 348 g/mol. The lowest BCUT2D eigenvalue weighted by atomic mass is 10.1. The van der Waals surface area contributed by atoms with Crippen LogP contribution >= 0.6 is 11.6 Å². The summed E-state index contributed by atoms with van der Waals surface area (Å²) in [5.74, 6) is -0.147. The number of aryl methyl sites for hydroxylation is 2. The highest BCUT2D eigenvalue weighted by Gasteiger charge is 2.33. The van der Waals surface area contributed by atoms with Crippen LogP contribution in [0.5, 0.6) is 0 Å². The first-order valence-electron chi connectivity index (χ1n) is 6.58. The molecule has 5 nitrogen and oxygen atoms in total. The van der Waals surface area contributed by atoms with Gasteiger partial charge in [0.15, 0.2) is 5.89 Å². The summed E-state index contributed by atoms with van der Waals surface area (Å²) in [5, 5.41) is 2.27. The van der Waals surface area contributed by atoms with Gasteiger partial charge in [0.2, 0.25) is 5.76 Å². The van der Waals surface area contributed by atoms with E-state index in [0.29, 0.717) is 11.6 Å². The summed E-state index contributed by atoms with van der Waals surface area (Å²) in [6.07, 6.45) is -4.58. The van der Waals surface area contributed by atoms with Crippen molar-refractivity contribution >= 4 is 17.5 Å². The Morgan fingerprint density at radius 2 is 1.96 bits per heavy atom. The fourth-order valence-electron chi connectivity index (χ4n) is 2.01. The molecule has 0 saturated heterocycles. The molecular formula is C14H13ClF3N3O2. The van der Waals surface area contributed by atoms with E-state index >= 15 is 0 Å². The van der Waals surface area contributed by atoms with E-state index in [2.05, 4.69) is 15.3 Å². The largest absolute Gasteiger partial charge is 0.436 e. The van der Waals surface area contributed by atoms with E-state index in [9.17, 15) is 18.0 Å². The zero-order valence-corrected chi connectivity index (χ0v) is 13.2. The molecule has 23 heavy (non-hydrogen) atoms. The van der Waals surface area contributed by atoms with E-state index in [4.69, 9.17) is 16.0 Å². The first-order valence-corrected chi connectivity index (χ1v) is 6.96. The minimum Gasteiger partial charge on any atom is -0.436 e. The van der Waals surface area contributed by atoms with Gasteiger partial charge in [0.1, 0.15) is 10.8 Å². The number of pyridine rings is 1. The highest BCUT2D eigenvalue weighted by molar-refractivity contribution is 6.30. The van der Waals surface area contributed by atoms with Gasteiger partial charge in [-0.25, -0.2) is 9.97 Å². The van der Waals surface area contributed by atoms with Crippen molar-refractivity contribution in [3.8, 4) is 0 Å². The molecule has 2 heterocycles. The molecule has 0 aliphatic rings. The molecule has 2 rings (SSSR count). The van der Waals surface area contributed by atoms with Crippen molar-refractivity contribution in [2.45, 2.75) is 33.0 Å². The van der Waals surface area contributed by atoms with Gasteiger partial charge in [-0.2, -0.15) is 13.2 Å². The molecule has 0 radical (unpaired) electrons. The lowest BCUT2D eigenvalue weighted by molar-refractivity contribution is -0.141. The molecule has 0 aliphatic heterocycles. The zero-order chi connectivity index (χ0) is 17.4. The Kier molecular flexibility index (Phi) is 4.65. The Hall–Kier alpha value is -2.09. The summed E-state index contributed by atoms with van der Waals surface area (Å²) < 4.78 is 42.9. The summed E-state index contributed by atoms with van der Waals surface area (Å²) in [6.45, 7) is 4.79. The second kappa shape index (κ2) is 6.19. The van der Waals surface area contributed by atoms with E-state index in [1.54, 1.807) is 20.8 Å². The summed E-state index contributed by atoms with van der Waals surface area (Å²) in [6, 6.07) is 1.34. The number of carbonyl (C=O) groups is 1. The van der Waals surface area contributed by atoms with Crippen molar-refractivity contribution in [1.82, 2.24) is 15.3 Å². The fraction of sp³-hybridized carbons (Fsp3) is 0.357. The first-order chi connectivity index (χ1) is 10.6. The number of halogens is 4. The number of rotatable bonds is 3. The molecule has 0 bridgehead atoms. The molecule has 0 aliphatic carbocycles. The van der Waals surface area contributed by atoms with Gasteiger partial charge in [0.05, 0.1) is 11.7 Å². The number of aromatic nitrogens is 2. The standard InChI is InChI=1S/C14H13ClF3N3O2/c1-6(20-13(22)11-7(2)19-8(3)23-11)9-4-5-10(14(16,17)18)21-12(9)15/h4-6H,1-3H3,(H,20,22)/t6-/m0/s1. The van der Waals surface area contributed by atoms with Crippen molar-refractivity contribution in [3.63, 3.8) is 0 Å². The van der Waals surface area contributed by atoms with Crippen molar-refractivity contribution in [2.24, 2.45) is 0 Å². The van der Waals surface area contributed by atoms with E-state index in [0.717, 1.165) is 6.07 Å². The number of nitrogens with zero attached hydrogens (tertiary/aromatic N) is 2. The van der Waals surface area contributed by atoms with Crippen molar-refractivity contribution < 1.29 is 22.4 Å². The van der Waals surface area contributed by atoms with Gasteiger partial charge in [0, 0.05) is 12.5 Å². The Bertz CT molecular complexity index is 743. The molecule has 0 aromatic carbocycles. The van der Waals surface area contributed by atoms with Crippen LogP contribution in [0.3, 0.4) is 0 Å². The summed E-state index contributed by atoms with van der Waals surface area (Å²) in [4.78, 5) is 19.4. The maximum absolute atomic E-state index is 12.6. The third-order valence-corrected chi connectivity index (χ3v) is 3.39. The van der Waals surface area contributed by atoms with Crippen molar-refractivity contribution in [3.05, 3.63) is 45.9 Å². The second-order valence-corrected chi connectivity index (χ2v) is 5.27. The van der Waals surface area contributed by atoms with Crippen LogP contribution in [0.1, 0.15) is 46.4 Å². The first kappa shape index (κ1) is 17.3. The van der Waals surface area contributed by atoms with Gasteiger partial charge < -0.3 is 9.73 Å². The van der Waals surface area contributed by atoms with Crippen LogP contribution in [0, 0.1) is 13.8 Å². The second-order valence-electron chi connectivity index (χ2n) is 4.92. The van der Waals surface area contributed by atoms with Crippen LogP contribution in [0.25, 0.3) is 0 Å². The van der Waals surface area contributed by atoms with E-state index in [1.807, 2.05) is 0 Å². The SMILES string of the molecule is Cc1nc(C)c(C(=O)N[C@@H](C)c2ccc(C(F)(F)F)nc2Cl)o1. The predicted octanol–water partition coefficient (Wildman–Crippen LogP) is 3.85. The average Bonchev–Trinajstić information content (AvgIpc) is 2.76. The van der Waals surface area contributed by atoms with Crippen LogP contribution in [0.2, 0.25) is 5.15 Å². The van der Waals surface area contributed by atoms with Crippen LogP contribution in [0.15, 0.2) is 16.5 Å². The topological polar surface area (TPSA) is 68.0 Å². The molecule has 124 valence electrons. The fourth-order valence-corrected chi connectivity index (χ4v) is 2.33. The van der Waals surface area contributed by atoms with E-state index < -0.39 is 23.8 Å². The minimum atomic E-state index is -4.58. The van der Waals surface area contributed by atoms with Gasteiger partial charge in [-0.15, -0.1) is 0 Å². The van der Waals surface area contributed by atoms with Crippen LogP contribution < -0.4 is 5.32 Å². The van der Waals surface area contributed by atoms with Gasteiger partial charge in [-0.1, -0.05) is 17.7 Å². The van der Waals surface area contributed by atoms with Gasteiger partial charge >= 0.3 is 6.18 Å². The Morgan fingerprint density at radius 3 is 2.43 bits per heavy atom. The molecule has 0 saturated carbocycles. The Labute approximate surface area is 134 Å². The third-order valence-electron chi connectivity index (χ3n) is 3.09. The summed E-state index contributed by atoms with van der Waals surface area (Å²) in [7, 11) is 0. The number of nitrogens with one attached hydrogen (secondary N) is 1. The van der Waals surface area contributed by atoms with Gasteiger partial charge in [-0.05, 0) is 19.9 Å². The van der Waals surface area contributed by atoms with Gasteiger partial charge in [0.25, 0.3) is 5.91 Å². The maximum Gasteiger partial charge on any atom is 0.433 e. The van der Waals surface area contributed by atoms with Crippen molar-refractivity contribution in [1.29, 1.82) is 0 Å². The van der Waals surface area contributed by atoms with Gasteiger partial charge in [-0.3, -0.25) is 4.79 Å². The van der Waals surface area contributed by atoms with E-state index in [1.165, 1.54) is 6.07 Å². The highest BCUT2D eigenvalue weighted by atomic mass is 35.5. The minimum absolute atomic E-state index is 0.0466. The normalized spacial score (nSPS) is 13.0. The Morgan fingerprint density at radius 1 is 1.30 bits per heavy atom. The third kappa shape index (κ3) is 3.82. The Balaban J connectivity index is 2.19. The molecular weight excluding hydrogens is 335 g/mol. The molecule has 0 unspecified atom stereocenters. The van der Waals surface area contributed by atoms with Crippen LogP contribution in [-0.4, -0.2) is 15.9 Å². The molecule has 1 amide bonds. The highest BCUT2D eigenvalue weighted by Crippen LogP contribution is 2.31. The van der Waals surface area contributed by atoms with Crippen molar-refractivity contribution in [2.75, 3.05) is 0 Å². The number of hydrogen-bond acceptors (Lipinski definition) is 4. The molecule has 9 heteroatoms. The van der Waals surface area contributed by atoms with E-state index in [-0.39, 0.29) is 16.5 Å². The molecule has 1 N–H and O–H groups in total. The maximum atomic E-state index is 12.6.